The molecular formula is C18H23ClN2. The van der Waals surface area contributed by atoms with Crippen molar-refractivity contribution < 1.29 is 0 Å². The fraction of sp³-hybridized carbons (Fsp3) is 0.500. The Morgan fingerprint density at radius 1 is 1.24 bits per heavy atom. The second-order valence-corrected chi connectivity index (χ2v) is 6.53. The van der Waals surface area contributed by atoms with E-state index in [1.807, 2.05) is 6.07 Å². The normalized spacial score (nSPS) is 15.8. The van der Waals surface area contributed by atoms with Gasteiger partial charge in [-0.25, -0.2) is 0 Å². The molecule has 0 saturated heterocycles. The first-order valence-electron chi connectivity index (χ1n) is 8.03. The Hall–Kier alpha value is -1.28. The largest absolute Gasteiger partial charge is 0.384 e. The summed E-state index contributed by atoms with van der Waals surface area (Å²) in [6, 6.07) is 6.43. The summed E-state index contributed by atoms with van der Waals surface area (Å²) in [5, 5.41) is 5.56. The molecule has 3 rings (SSSR count). The van der Waals surface area contributed by atoms with Crippen molar-refractivity contribution >= 4 is 28.2 Å². The Kier molecular flexibility index (Phi) is 4.34. The van der Waals surface area contributed by atoms with Gasteiger partial charge in [-0.15, -0.1) is 0 Å². The van der Waals surface area contributed by atoms with Crippen molar-refractivity contribution in [3.8, 4) is 0 Å². The number of rotatable bonds is 4. The van der Waals surface area contributed by atoms with Crippen LogP contribution in [0.5, 0.6) is 0 Å². The summed E-state index contributed by atoms with van der Waals surface area (Å²) in [5.41, 5.74) is 4.58. The average molecular weight is 303 g/mol. The zero-order valence-corrected chi connectivity index (χ0v) is 13.6. The quantitative estimate of drug-likeness (QED) is 0.786. The summed E-state index contributed by atoms with van der Waals surface area (Å²) in [6.45, 7) is 5.23. The fourth-order valence-electron chi connectivity index (χ4n) is 3.21. The zero-order chi connectivity index (χ0) is 14.8. The van der Waals surface area contributed by atoms with Crippen LogP contribution >= 0.6 is 11.6 Å². The Balaban J connectivity index is 2.11. The molecule has 0 bridgehead atoms. The molecule has 1 aromatic heterocycles. The van der Waals surface area contributed by atoms with Crippen molar-refractivity contribution in [1.29, 1.82) is 0 Å². The summed E-state index contributed by atoms with van der Waals surface area (Å²) in [5.74, 6) is 0.622. The van der Waals surface area contributed by atoms with Gasteiger partial charge in [0.15, 0.2) is 0 Å². The number of fused-ring (bicyclic) bond motifs is 1. The van der Waals surface area contributed by atoms with E-state index < -0.39 is 0 Å². The van der Waals surface area contributed by atoms with Crippen LogP contribution in [-0.2, 0) is 0 Å². The van der Waals surface area contributed by atoms with Crippen molar-refractivity contribution in [1.82, 2.24) is 4.98 Å². The minimum absolute atomic E-state index is 0.622. The number of aromatic nitrogens is 1. The van der Waals surface area contributed by atoms with Gasteiger partial charge in [0.25, 0.3) is 0 Å². The van der Waals surface area contributed by atoms with Gasteiger partial charge in [-0.2, -0.15) is 0 Å². The lowest BCUT2D eigenvalue weighted by Crippen LogP contribution is -2.04. The van der Waals surface area contributed by atoms with Gasteiger partial charge in [0.1, 0.15) is 0 Å². The Labute approximate surface area is 131 Å². The molecule has 1 heterocycles. The van der Waals surface area contributed by atoms with E-state index >= 15 is 0 Å². The minimum atomic E-state index is 0.622. The Morgan fingerprint density at radius 2 is 2.00 bits per heavy atom. The number of hydrogen-bond donors (Lipinski definition) is 1. The molecule has 2 nitrogen and oxygen atoms in total. The van der Waals surface area contributed by atoms with Gasteiger partial charge in [-0.1, -0.05) is 31.4 Å². The summed E-state index contributed by atoms with van der Waals surface area (Å²) < 4.78 is 0. The maximum Gasteiger partial charge on any atom is 0.0741 e. The molecule has 1 N–H and O–H groups in total. The molecular weight excluding hydrogens is 280 g/mol. The Morgan fingerprint density at radius 3 is 2.71 bits per heavy atom. The van der Waals surface area contributed by atoms with Crippen molar-refractivity contribution in [2.24, 2.45) is 0 Å². The molecule has 1 aromatic carbocycles. The van der Waals surface area contributed by atoms with Gasteiger partial charge in [-0.3, -0.25) is 4.98 Å². The topological polar surface area (TPSA) is 24.9 Å². The van der Waals surface area contributed by atoms with Gasteiger partial charge in [0.05, 0.1) is 5.52 Å². The smallest absolute Gasteiger partial charge is 0.0741 e. The maximum atomic E-state index is 6.30. The molecule has 1 saturated carbocycles. The monoisotopic (exact) mass is 302 g/mol. The van der Waals surface area contributed by atoms with E-state index in [2.05, 4.69) is 31.3 Å². The molecule has 1 aliphatic rings. The van der Waals surface area contributed by atoms with Gasteiger partial charge in [0, 0.05) is 34.3 Å². The van der Waals surface area contributed by atoms with E-state index in [4.69, 9.17) is 16.6 Å². The van der Waals surface area contributed by atoms with Crippen LogP contribution in [0.15, 0.2) is 18.2 Å². The molecule has 0 radical (unpaired) electrons. The van der Waals surface area contributed by atoms with Gasteiger partial charge in [-0.05, 0) is 49.9 Å². The summed E-state index contributed by atoms with van der Waals surface area (Å²) in [7, 11) is 0. The third kappa shape index (κ3) is 3.01. The summed E-state index contributed by atoms with van der Waals surface area (Å²) in [6.07, 6.45) is 6.32. The molecule has 1 fully saturated rings. The van der Waals surface area contributed by atoms with Crippen LogP contribution in [0.4, 0.5) is 5.69 Å². The number of hydrogen-bond acceptors (Lipinski definition) is 2. The lowest BCUT2D eigenvalue weighted by atomic mass is 10.0. The van der Waals surface area contributed by atoms with E-state index in [1.54, 1.807) is 0 Å². The molecule has 112 valence electrons. The standard InChI is InChI=1S/C18H23ClN2/c1-3-8-20-17-11-16(13-6-4-5-7-13)21-18-10-15(19)12(2)9-14(17)18/h9-11,13H,3-8H2,1-2H3,(H,20,21). The number of halogens is 1. The summed E-state index contributed by atoms with van der Waals surface area (Å²) in [4.78, 5) is 4.90. The maximum absolute atomic E-state index is 6.30. The third-order valence-corrected chi connectivity index (χ3v) is 4.85. The lowest BCUT2D eigenvalue weighted by molar-refractivity contribution is 0.701. The number of benzene rings is 1. The van der Waals surface area contributed by atoms with E-state index in [1.165, 1.54) is 42.5 Å². The predicted octanol–water partition coefficient (Wildman–Crippen LogP) is 5.68. The first-order chi connectivity index (χ1) is 10.2. The fourth-order valence-corrected chi connectivity index (χ4v) is 3.37. The van der Waals surface area contributed by atoms with Gasteiger partial charge < -0.3 is 5.32 Å². The highest BCUT2D eigenvalue weighted by molar-refractivity contribution is 6.32. The predicted molar refractivity (Wildman–Crippen MR) is 91.5 cm³/mol. The average Bonchev–Trinajstić information content (AvgIpc) is 3.00. The van der Waals surface area contributed by atoms with Crippen LogP contribution in [0, 0.1) is 6.92 Å². The molecule has 3 heteroatoms. The number of pyridine rings is 1. The molecule has 1 aliphatic carbocycles. The van der Waals surface area contributed by atoms with Crippen LogP contribution in [0.1, 0.15) is 56.2 Å². The first kappa shape index (κ1) is 14.6. The van der Waals surface area contributed by atoms with Crippen molar-refractivity contribution in [2.75, 3.05) is 11.9 Å². The van der Waals surface area contributed by atoms with Crippen LogP contribution < -0.4 is 5.32 Å². The van der Waals surface area contributed by atoms with Crippen LogP contribution in [0.2, 0.25) is 5.02 Å². The van der Waals surface area contributed by atoms with E-state index in [0.29, 0.717) is 5.92 Å². The highest BCUT2D eigenvalue weighted by Crippen LogP contribution is 2.37. The van der Waals surface area contributed by atoms with Gasteiger partial charge >= 0.3 is 0 Å². The molecule has 0 aliphatic heterocycles. The van der Waals surface area contributed by atoms with Crippen molar-refractivity contribution in [3.05, 3.63) is 34.5 Å². The van der Waals surface area contributed by atoms with Crippen LogP contribution in [0.3, 0.4) is 0 Å². The van der Waals surface area contributed by atoms with Crippen molar-refractivity contribution in [3.63, 3.8) is 0 Å². The highest BCUT2D eigenvalue weighted by atomic mass is 35.5. The molecule has 0 amide bonds. The number of nitrogens with one attached hydrogen (secondary N) is 1. The molecule has 0 spiro atoms. The molecule has 2 aromatic rings. The summed E-state index contributed by atoms with van der Waals surface area (Å²) >= 11 is 6.30. The SMILES string of the molecule is CCCNc1cc(C2CCCC2)nc2cc(Cl)c(C)cc12. The second kappa shape index (κ2) is 6.23. The van der Waals surface area contributed by atoms with Crippen LogP contribution in [-0.4, -0.2) is 11.5 Å². The first-order valence-corrected chi connectivity index (χ1v) is 8.41. The number of nitrogens with zero attached hydrogens (tertiary/aromatic N) is 1. The van der Waals surface area contributed by atoms with Crippen molar-refractivity contribution in [2.45, 2.75) is 51.9 Å². The Bertz CT molecular complexity index is 645. The second-order valence-electron chi connectivity index (χ2n) is 6.12. The third-order valence-electron chi connectivity index (χ3n) is 4.45. The number of aryl methyl sites for hydroxylation is 1. The highest BCUT2D eigenvalue weighted by Gasteiger charge is 2.20. The van der Waals surface area contributed by atoms with E-state index in [9.17, 15) is 0 Å². The molecule has 0 unspecified atom stereocenters. The molecule has 0 atom stereocenters. The zero-order valence-electron chi connectivity index (χ0n) is 12.9. The van der Waals surface area contributed by atoms with E-state index in [-0.39, 0.29) is 0 Å². The minimum Gasteiger partial charge on any atom is -0.384 e. The van der Waals surface area contributed by atoms with E-state index in [0.717, 1.165) is 29.1 Å². The van der Waals surface area contributed by atoms with Crippen LogP contribution in [0.25, 0.3) is 10.9 Å². The van der Waals surface area contributed by atoms with Gasteiger partial charge in [0.2, 0.25) is 0 Å². The molecule has 21 heavy (non-hydrogen) atoms. The number of anilines is 1. The lowest BCUT2D eigenvalue weighted by Gasteiger charge is -2.15.